The van der Waals surface area contributed by atoms with Crippen molar-refractivity contribution in [1.29, 1.82) is 0 Å². The van der Waals surface area contributed by atoms with Gasteiger partial charge in [0, 0.05) is 17.2 Å². The van der Waals surface area contributed by atoms with E-state index in [0.717, 1.165) is 5.56 Å². The Hall–Kier alpha value is -3.16. The lowest BCUT2D eigenvalue weighted by Crippen LogP contribution is -2.24. The number of amidine groups is 1. The average molecular weight is 359 g/mol. The summed E-state index contributed by atoms with van der Waals surface area (Å²) in [6, 6.07) is 8.57. The molecule has 8 nitrogen and oxygen atoms in total. The van der Waals surface area contributed by atoms with Crippen molar-refractivity contribution in [3.63, 3.8) is 0 Å². The van der Waals surface area contributed by atoms with Crippen LogP contribution < -0.4 is 5.73 Å². The summed E-state index contributed by atoms with van der Waals surface area (Å²) in [7, 11) is 1.31. The SMILES string of the molecule is COC(=O)Cc1cc(-c2ccc(/C(N)=N/C(=O)OC(C)(C)C)cc2)no1. The highest BCUT2D eigenvalue weighted by Gasteiger charge is 2.16. The normalized spacial score (nSPS) is 11.9. The van der Waals surface area contributed by atoms with E-state index in [1.165, 1.54) is 7.11 Å². The lowest BCUT2D eigenvalue weighted by Gasteiger charge is -2.17. The van der Waals surface area contributed by atoms with E-state index in [1.54, 1.807) is 51.1 Å². The number of nitrogens with zero attached hydrogens (tertiary/aromatic N) is 2. The Morgan fingerprint density at radius 1 is 1.23 bits per heavy atom. The monoisotopic (exact) mass is 359 g/mol. The van der Waals surface area contributed by atoms with Gasteiger partial charge in [0.15, 0.2) is 0 Å². The van der Waals surface area contributed by atoms with E-state index < -0.39 is 17.7 Å². The Morgan fingerprint density at radius 3 is 2.46 bits per heavy atom. The number of amides is 1. The van der Waals surface area contributed by atoms with E-state index in [0.29, 0.717) is 17.0 Å². The van der Waals surface area contributed by atoms with Gasteiger partial charge in [-0.25, -0.2) is 4.79 Å². The summed E-state index contributed by atoms with van der Waals surface area (Å²) in [5, 5.41) is 3.92. The van der Waals surface area contributed by atoms with E-state index in [4.69, 9.17) is 15.0 Å². The molecule has 0 radical (unpaired) electrons. The van der Waals surface area contributed by atoms with Crippen LogP contribution in [0.3, 0.4) is 0 Å². The Morgan fingerprint density at radius 2 is 1.88 bits per heavy atom. The number of esters is 1. The first kappa shape index (κ1) is 19.2. The Balaban J connectivity index is 2.10. The summed E-state index contributed by atoms with van der Waals surface area (Å²) in [4.78, 5) is 26.7. The van der Waals surface area contributed by atoms with Crippen LogP contribution in [0.4, 0.5) is 4.79 Å². The maximum Gasteiger partial charge on any atom is 0.436 e. The summed E-state index contributed by atoms with van der Waals surface area (Å²) in [6.45, 7) is 5.24. The fourth-order valence-corrected chi connectivity index (χ4v) is 2.01. The summed E-state index contributed by atoms with van der Waals surface area (Å²) in [6.07, 6.45) is -0.736. The molecule has 26 heavy (non-hydrogen) atoms. The number of ether oxygens (including phenoxy) is 2. The molecule has 138 valence electrons. The van der Waals surface area contributed by atoms with Crippen molar-refractivity contribution in [2.45, 2.75) is 32.8 Å². The zero-order valence-corrected chi connectivity index (χ0v) is 15.1. The third-order valence-corrected chi connectivity index (χ3v) is 3.19. The highest BCUT2D eigenvalue weighted by Crippen LogP contribution is 2.20. The number of carbonyl (C=O) groups excluding carboxylic acids is 2. The molecule has 0 unspecified atom stereocenters. The molecule has 0 bridgehead atoms. The smallest absolute Gasteiger partial charge is 0.436 e. The minimum Gasteiger partial charge on any atom is -0.469 e. The molecule has 0 fully saturated rings. The lowest BCUT2D eigenvalue weighted by atomic mass is 10.1. The maximum atomic E-state index is 11.7. The number of methoxy groups -OCH3 is 1. The first-order valence-corrected chi connectivity index (χ1v) is 7.88. The van der Waals surface area contributed by atoms with Gasteiger partial charge in [0.2, 0.25) is 0 Å². The van der Waals surface area contributed by atoms with Crippen LogP contribution in [0.1, 0.15) is 32.1 Å². The number of hydrogen-bond donors (Lipinski definition) is 1. The molecule has 1 aromatic carbocycles. The van der Waals surface area contributed by atoms with Crippen molar-refractivity contribution in [3.05, 3.63) is 41.7 Å². The van der Waals surface area contributed by atoms with E-state index >= 15 is 0 Å². The summed E-state index contributed by atoms with van der Waals surface area (Å²) < 4.78 is 14.8. The molecular formula is C18H21N3O5. The van der Waals surface area contributed by atoms with Gasteiger partial charge in [-0.1, -0.05) is 29.4 Å². The molecule has 0 aliphatic heterocycles. The summed E-state index contributed by atoms with van der Waals surface area (Å²) >= 11 is 0. The molecule has 1 heterocycles. The Labute approximate surface area is 151 Å². The van der Waals surface area contributed by atoms with E-state index in [-0.39, 0.29) is 12.3 Å². The molecule has 2 rings (SSSR count). The maximum absolute atomic E-state index is 11.7. The second-order valence-corrected chi connectivity index (χ2v) is 6.49. The van der Waals surface area contributed by atoms with Gasteiger partial charge in [0.1, 0.15) is 29.3 Å². The van der Waals surface area contributed by atoms with Gasteiger partial charge >= 0.3 is 12.1 Å². The van der Waals surface area contributed by atoms with Crippen molar-refractivity contribution in [2.75, 3.05) is 7.11 Å². The largest absolute Gasteiger partial charge is 0.469 e. The Bertz CT molecular complexity index is 816. The molecule has 0 atom stereocenters. The predicted octanol–water partition coefficient (Wildman–Crippen LogP) is 2.70. The second-order valence-electron chi connectivity index (χ2n) is 6.49. The van der Waals surface area contributed by atoms with Crippen LogP contribution >= 0.6 is 0 Å². The van der Waals surface area contributed by atoms with Gasteiger partial charge in [0.05, 0.1) is 7.11 Å². The van der Waals surface area contributed by atoms with E-state index in [1.807, 2.05) is 0 Å². The Kier molecular flexibility index (Phi) is 5.76. The highest BCUT2D eigenvalue weighted by atomic mass is 16.6. The predicted molar refractivity (Wildman–Crippen MR) is 94.6 cm³/mol. The number of nitrogens with two attached hydrogens (primary N) is 1. The topological polar surface area (TPSA) is 117 Å². The molecule has 1 aromatic heterocycles. The standard InChI is InChI=1S/C18H21N3O5/c1-18(2,3)25-17(23)20-16(19)12-7-5-11(6-8-12)14-9-13(26-21-14)10-15(22)24-4/h5-9H,10H2,1-4H3,(H2,19,20,23). The van der Waals surface area contributed by atoms with Crippen LogP contribution in [0, 0.1) is 0 Å². The van der Waals surface area contributed by atoms with Gasteiger partial charge in [0.25, 0.3) is 0 Å². The number of carbonyl (C=O) groups is 2. The van der Waals surface area contributed by atoms with Crippen molar-refractivity contribution in [3.8, 4) is 11.3 Å². The minimum atomic E-state index is -0.747. The van der Waals surface area contributed by atoms with Crippen LogP contribution in [0.25, 0.3) is 11.3 Å². The van der Waals surface area contributed by atoms with Crippen LogP contribution in [0.5, 0.6) is 0 Å². The minimum absolute atomic E-state index is 0.0110. The van der Waals surface area contributed by atoms with E-state index in [9.17, 15) is 9.59 Å². The summed E-state index contributed by atoms with van der Waals surface area (Å²) in [5.74, 6) is 0.0495. The van der Waals surface area contributed by atoms with E-state index in [2.05, 4.69) is 14.9 Å². The number of aliphatic imine (C=N–C) groups is 1. The third-order valence-electron chi connectivity index (χ3n) is 3.19. The molecule has 8 heteroatoms. The molecule has 2 aromatic rings. The van der Waals surface area contributed by atoms with Crippen molar-refractivity contribution in [1.82, 2.24) is 5.16 Å². The van der Waals surface area contributed by atoms with Crippen LogP contribution in [0.15, 0.2) is 39.8 Å². The lowest BCUT2D eigenvalue weighted by molar-refractivity contribution is -0.140. The first-order valence-electron chi connectivity index (χ1n) is 7.88. The van der Waals surface area contributed by atoms with Crippen molar-refractivity contribution < 1.29 is 23.6 Å². The average Bonchev–Trinajstić information content (AvgIpc) is 3.01. The molecule has 2 N–H and O–H groups in total. The van der Waals surface area contributed by atoms with Crippen LogP contribution in [-0.2, 0) is 20.7 Å². The number of hydrogen-bond acceptors (Lipinski definition) is 6. The number of rotatable bonds is 4. The quantitative estimate of drug-likeness (QED) is 0.506. The van der Waals surface area contributed by atoms with Crippen LogP contribution in [-0.4, -0.2) is 35.8 Å². The van der Waals surface area contributed by atoms with Crippen LogP contribution in [0.2, 0.25) is 0 Å². The molecule has 0 spiro atoms. The molecule has 0 aliphatic rings. The van der Waals surface area contributed by atoms with Gasteiger partial charge < -0.3 is 19.7 Å². The zero-order valence-electron chi connectivity index (χ0n) is 15.1. The fourth-order valence-electron chi connectivity index (χ4n) is 2.01. The molecule has 0 saturated heterocycles. The fraction of sp³-hybridized carbons (Fsp3) is 0.333. The molecule has 0 saturated carbocycles. The van der Waals surface area contributed by atoms with Gasteiger partial charge in [-0.3, -0.25) is 4.79 Å². The number of benzene rings is 1. The first-order chi connectivity index (χ1) is 12.2. The van der Waals surface area contributed by atoms with Gasteiger partial charge in [-0.15, -0.1) is 0 Å². The van der Waals surface area contributed by atoms with Gasteiger partial charge in [-0.2, -0.15) is 4.99 Å². The zero-order chi connectivity index (χ0) is 19.3. The highest BCUT2D eigenvalue weighted by molar-refractivity contribution is 6.03. The molecular weight excluding hydrogens is 338 g/mol. The number of aromatic nitrogens is 1. The molecule has 1 amide bonds. The second kappa shape index (κ2) is 7.81. The molecule has 0 aliphatic carbocycles. The van der Waals surface area contributed by atoms with Gasteiger partial charge in [-0.05, 0) is 20.8 Å². The van der Waals surface area contributed by atoms with Crippen molar-refractivity contribution >= 4 is 17.9 Å². The third kappa shape index (κ3) is 5.44. The summed E-state index contributed by atoms with van der Waals surface area (Å²) in [5.41, 5.74) is 7.10. The van der Waals surface area contributed by atoms with Crippen molar-refractivity contribution in [2.24, 2.45) is 10.7 Å².